The van der Waals surface area contributed by atoms with Gasteiger partial charge in [0.25, 0.3) is 0 Å². The molecular formula is C20H23F3N2O4. The topological polar surface area (TPSA) is 66.9 Å². The van der Waals surface area contributed by atoms with Crippen LogP contribution >= 0.6 is 0 Å². The number of amides is 2. The van der Waals surface area contributed by atoms with E-state index in [-0.39, 0.29) is 31.7 Å². The van der Waals surface area contributed by atoms with E-state index in [9.17, 15) is 27.6 Å². The Balaban J connectivity index is 1.92. The van der Waals surface area contributed by atoms with Crippen LogP contribution in [-0.4, -0.2) is 59.4 Å². The third kappa shape index (κ3) is 6.62. The molecule has 29 heavy (non-hydrogen) atoms. The Labute approximate surface area is 166 Å². The standard InChI is InChI=1S/C20H23F3N2O4/c1-19(2,3)29-18(28)25-11-9-24(10-12-25)17(27)8-7-16(26)14-5-4-6-15(13-14)20(21,22)23/h4-8,13H,9-12H2,1-3H3/b8-7+. The number of hydrogen-bond donors (Lipinski definition) is 0. The van der Waals surface area contributed by atoms with Crippen LogP contribution in [0.3, 0.4) is 0 Å². The highest BCUT2D eigenvalue weighted by Crippen LogP contribution is 2.29. The molecule has 0 aromatic heterocycles. The molecule has 0 spiro atoms. The second kappa shape index (κ2) is 8.67. The van der Waals surface area contributed by atoms with Gasteiger partial charge in [0.05, 0.1) is 5.56 Å². The van der Waals surface area contributed by atoms with Gasteiger partial charge in [0.1, 0.15) is 5.60 Å². The summed E-state index contributed by atoms with van der Waals surface area (Å²) in [7, 11) is 0. The fourth-order valence-corrected chi connectivity index (χ4v) is 2.63. The number of carbonyl (C=O) groups excluding carboxylic acids is 3. The first-order valence-corrected chi connectivity index (χ1v) is 9.03. The van der Waals surface area contributed by atoms with Crippen LogP contribution in [0.5, 0.6) is 0 Å². The number of alkyl halides is 3. The second-order valence-corrected chi connectivity index (χ2v) is 7.57. The molecule has 0 atom stereocenters. The van der Waals surface area contributed by atoms with E-state index in [0.717, 1.165) is 30.4 Å². The van der Waals surface area contributed by atoms with Crippen LogP contribution in [-0.2, 0) is 15.7 Å². The Kier molecular flexibility index (Phi) is 6.71. The molecule has 0 aliphatic carbocycles. The maximum absolute atomic E-state index is 12.7. The molecule has 158 valence electrons. The highest BCUT2D eigenvalue weighted by atomic mass is 19.4. The first-order valence-electron chi connectivity index (χ1n) is 9.03. The summed E-state index contributed by atoms with van der Waals surface area (Å²) in [4.78, 5) is 39.3. The molecule has 1 aromatic rings. The van der Waals surface area contributed by atoms with Crippen molar-refractivity contribution in [1.29, 1.82) is 0 Å². The zero-order valence-corrected chi connectivity index (χ0v) is 16.5. The van der Waals surface area contributed by atoms with Crippen LogP contribution < -0.4 is 0 Å². The zero-order chi connectivity index (χ0) is 21.8. The van der Waals surface area contributed by atoms with Crippen LogP contribution in [0.1, 0.15) is 36.7 Å². The Morgan fingerprint density at radius 2 is 1.55 bits per heavy atom. The molecule has 1 saturated heterocycles. The summed E-state index contributed by atoms with van der Waals surface area (Å²) in [6.07, 6.45) is -3.02. The highest BCUT2D eigenvalue weighted by molar-refractivity contribution is 6.07. The maximum atomic E-state index is 12.7. The predicted molar refractivity (Wildman–Crippen MR) is 99.3 cm³/mol. The van der Waals surface area contributed by atoms with E-state index >= 15 is 0 Å². The van der Waals surface area contributed by atoms with Crippen molar-refractivity contribution in [2.24, 2.45) is 0 Å². The lowest BCUT2D eigenvalue weighted by molar-refractivity contribution is -0.137. The molecular weight excluding hydrogens is 389 g/mol. The number of ether oxygens (including phenoxy) is 1. The number of halogens is 3. The first kappa shape index (κ1) is 22.4. The van der Waals surface area contributed by atoms with E-state index in [1.807, 2.05) is 0 Å². The third-order valence-electron chi connectivity index (χ3n) is 4.09. The van der Waals surface area contributed by atoms with Gasteiger partial charge < -0.3 is 14.5 Å². The minimum atomic E-state index is -4.55. The molecule has 1 heterocycles. The van der Waals surface area contributed by atoms with Crippen LogP contribution in [0.2, 0.25) is 0 Å². The number of hydrogen-bond acceptors (Lipinski definition) is 4. The van der Waals surface area contributed by atoms with Crippen molar-refractivity contribution in [2.45, 2.75) is 32.5 Å². The van der Waals surface area contributed by atoms with Crippen LogP contribution in [0.15, 0.2) is 36.4 Å². The van der Waals surface area contributed by atoms with Gasteiger partial charge in [0.15, 0.2) is 5.78 Å². The van der Waals surface area contributed by atoms with E-state index in [0.29, 0.717) is 0 Å². The van der Waals surface area contributed by atoms with E-state index in [1.165, 1.54) is 15.9 Å². The Morgan fingerprint density at radius 3 is 2.10 bits per heavy atom. The van der Waals surface area contributed by atoms with E-state index < -0.39 is 35.1 Å². The molecule has 9 heteroatoms. The lowest BCUT2D eigenvalue weighted by Crippen LogP contribution is -2.51. The fourth-order valence-electron chi connectivity index (χ4n) is 2.63. The van der Waals surface area contributed by atoms with Gasteiger partial charge in [-0.25, -0.2) is 4.79 Å². The molecule has 1 aliphatic heterocycles. The van der Waals surface area contributed by atoms with Crippen molar-refractivity contribution in [3.63, 3.8) is 0 Å². The molecule has 0 bridgehead atoms. The average Bonchev–Trinajstić information content (AvgIpc) is 2.64. The van der Waals surface area contributed by atoms with Gasteiger partial charge in [-0.05, 0) is 39.0 Å². The van der Waals surface area contributed by atoms with Crippen molar-refractivity contribution in [3.05, 3.63) is 47.5 Å². The summed E-state index contributed by atoms with van der Waals surface area (Å²) in [5.74, 6) is -1.15. The lowest BCUT2D eigenvalue weighted by Gasteiger charge is -2.35. The molecule has 0 saturated carbocycles. The molecule has 1 aliphatic rings. The van der Waals surface area contributed by atoms with Gasteiger partial charge in [0, 0.05) is 37.8 Å². The Hall–Kier alpha value is -2.84. The summed E-state index contributed by atoms with van der Waals surface area (Å²) in [5.41, 5.74) is -1.70. The normalized spacial score (nSPS) is 15.5. The van der Waals surface area contributed by atoms with Gasteiger partial charge in [0.2, 0.25) is 5.91 Å². The van der Waals surface area contributed by atoms with Crippen molar-refractivity contribution in [1.82, 2.24) is 9.80 Å². The Morgan fingerprint density at radius 1 is 0.966 bits per heavy atom. The van der Waals surface area contributed by atoms with Gasteiger partial charge in [-0.3, -0.25) is 9.59 Å². The second-order valence-electron chi connectivity index (χ2n) is 7.57. The number of allylic oxidation sites excluding steroid dienone is 1. The number of rotatable bonds is 3. The quantitative estimate of drug-likeness (QED) is 0.563. The average molecular weight is 412 g/mol. The smallest absolute Gasteiger partial charge is 0.416 e. The Bertz CT molecular complexity index is 805. The van der Waals surface area contributed by atoms with Crippen molar-refractivity contribution < 1.29 is 32.3 Å². The van der Waals surface area contributed by atoms with Gasteiger partial charge in [-0.1, -0.05) is 12.1 Å². The van der Waals surface area contributed by atoms with E-state index in [1.54, 1.807) is 20.8 Å². The van der Waals surface area contributed by atoms with Crippen LogP contribution in [0.4, 0.5) is 18.0 Å². The summed E-state index contributed by atoms with van der Waals surface area (Å²) in [6, 6.07) is 4.01. The van der Waals surface area contributed by atoms with Crippen molar-refractivity contribution >= 4 is 17.8 Å². The molecule has 0 N–H and O–H groups in total. The fraction of sp³-hybridized carbons (Fsp3) is 0.450. The molecule has 1 fully saturated rings. The summed E-state index contributed by atoms with van der Waals surface area (Å²) >= 11 is 0. The maximum Gasteiger partial charge on any atom is 0.416 e. The zero-order valence-electron chi connectivity index (χ0n) is 16.5. The van der Waals surface area contributed by atoms with Gasteiger partial charge in [-0.2, -0.15) is 13.2 Å². The van der Waals surface area contributed by atoms with E-state index in [4.69, 9.17) is 4.74 Å². The SMILES string of the molecule is CC(C)(C)OC(=O)N1CCN(C(=O)/C=C/C(=O)c2cccc(C(F)(F)F)c2)CC1. The van der Waals surface area contributed by atoms with Crippen LogP contribution in [0.25, 0.3) is 0 Å². The van der Waals surface area contributed by atoms with Crippen molar-refractivity contribution in [2.75, 3.05) is 26.2 Å². The molecule has 1 aromatic carbocycles. The molecule has 0 radical (unpaired) electrons. The largest absolute Gasteiger partial charge is 0.444 e. The molecule has 0 unspecified atom stereocenters. The monoisotopic (exact) mass is 412 g/mol. The summed E-state index contributed by atoms with van der Waals surface area (Å²) in [6.45, 7) is 6.39. The lowest BCUT2D eigenvalue weighted by atomic mass is 10.1. The molecule has 2 amide bonds. The number of ketones is 1. The number of benzene rings is 1. The minimum Gasteiger partial charge on any atom is -0.444 e. The van der Waals surface area contributed by atoms with Crippen molar-refractivity contribution in [3.8, 4) is 0 Å². The number of nitrogens with zero attached hydrogens (tertiary/aromatic N) is 2. The van der Waals surface area contributed by atoms with Gasteiger partial charge >= 0.3 is 12.3 Å². The van der Waals surface area contributed by atoms with Crippen LogP contribution in [0, 0.1) is 0 Å². The first-order chi connectivity index (χ1) is 13.4. The predicted octanol–water partition coefficient (Wildman–Crippen LogP) is 3.52. The highest BCUT2D eigenvalue weighted by Gasteiger charge is 2.31. The minimum absolute atomic E-state index is 0.154. The molecule has 6 nitrogen and oxygen atoms in total. The summed E-state index contributed by atoms with van der Waals surface area (Å²) in [5, 5.41) is 0. The van der Waals surface area contributed by atoms with E-state index in [2.05, 4.69) is 0 Å². The third-order valence-corrected chi connectivity index (χ3v) is 4.09. The number of carbonyl (C=O) groups is 3. The molecule has 2 rings (SSSR count). The van der Waals surface area contributed by atoms with Gasteiger partial charge in [-0.15, -0.1) is 0 Å². The summed E-state index contributed by atoms with van der Waals surface area (Å²) < 4.78 is 43.5. The number of piperazine rings is 1.